The molecule has 0 saturated heterocycles. The van der Waals surface area contributed by atoms with Gasteiger partial charge in [-0.05, 0) is 52.9 Å². The van der Waals surface area contributed by atoms with Crippen molar-refractivity contribution in [2.24, 2.45) is 5.73 Å². The van der Waals surface area contributed by atoms with Gasteiger partial charge in [0, 0.05) is 42.6 Å². The number of amides is 2. The van der Waals surface area contributed by atoms with E-state index in [9.17, 15) is 9.59 Å². The molecular formula is C31H31N7O4. The zero-order valence-corrected chi connectivity index (χ0v) is 23.3. The van der Waals surface area contributed by atoms with Crippen LogP contribution in [0.15, 0.2) is 67.0 Å². The predicted octanol–water partition coefficient (Wildman–Crippen LogP) is 2.93. The number of rotatable bonds is 8. The van der Waals surface area contributed by atoms with Crippen molar-refractivity contribution in [3.63, 3.8) is 0 Å². The van der Waals surface area contributed by atoms with Gasteiger partial charge >= 0.3 is 0 Å². The van der Waals surface area contributed by atoms with E-state index in [0.29, 0.717) is 47.8 Å². The van der Waals surface area contributed by atoms with E-state index in [4.69, 9.17) is 26.7 Å². The van der Waals surface area contributed by atoms with Gasteiger partial charge in [0.05, 0.1) is 20.3 Å². The number of primary amides is 1. The number of nitrogens with zero attached hydrogens (tertiary/aromatic N) is 4. The topological polar surface area (TPSA) is 173 Å². The van der Waals surface area contributed by atoms with E-state index < -0.39 is 11.9 Å². The van der Waals surface area contributed by atoms with Crippen LogP contribution in [0.25, 0.3) is 6.08 Å². The Morgan fingerprint density at radius 3 is 2.55 bits per heavy atom. The second-order valence-electron chi connectivity index (χ2n) is 9.79. The molecule has 42 heavy (non-hydrogen) atoms. The van der Waals surface area contributed by atoms with Crippen molar-refractivity contribution in [2.45, 2.75) is 18.9 Å². The van der Waals surface area contributed by atoms with Gasteiger partial charge in [0.2, 0.25) is 11.9 Å². The molecule has 2 aromatic heterocycles. The second-order valence-corrected chi connectivity index (χ2v) is 9.79. The maximum absolute atomic E-state index is 13.8. The number of nitrogen functional groups attached to an aromatic ring is 2. The number of carbonyl (C=O) groups is 2. The molecule has 0 aliphatic carbocycles. The number of fused-ring (bicyclic) bond motifs is 1. The van der Waals surface area contributed by atoms with Crippen molar-refractivity contribution >= 4 is 29.7 Å². The number of aromatic nitrogens is 3. The Morgan fingerprint density at radius 2 is 1.86 bits per heavy atom. The van der Waals surface area contributed by atoms with Crippen LogP contribution in [0.2, 0.25) is 0 Å². The van der Waals surface area contributed by atoms with Gasteiger partial charge in [-0.2, -0.15) is 4.98 Å². The van der Waals surface area contributed by atoms with E-state index >= 15 is 0 Å². The van der Waals surface area contributed by atoms with Gasteiger partial charge in [0.1, 0.15) is 11.5 Å². The van der Waals surface area contributed by atoms with Crippen LogP contribution in [0.1, 0.15) is 49.9 Å². The Labute approximate surface area is 243 Å². The molecule has 0 bridgehead atoms. The molecule has 0 unspecified atom stereocenters. The van der Waals surface area contributed by atoms with Gasteiger partial charge in [-0.3, -0.25) is 14.6 Å². The molecule has 11 heteroatoms. The first-order valence-corrected chi connectivity index (χ1v) is 13.2. The maximum atomic E-state index is 13.8. The molecule has 0 spiro atoms. The van der Waals surface area contributed by atoms with Crippen molar-refractivity contribution in [1.29, 1.82) is 0 Å². The highest BCUT2D eigenvalue weighted by Crippen LogP contribution is 2.37. The second kappa shape index (κ2) is 12.0. The summed E-state index contributed by atoms with van der Waals surface area (Å²) < 4.78 is 11.2. The summed E-state index contributed by atoms with van der Waals surface area (Å²) in [6, 6.07) is 14.7. The molecule has 11 nitrogen and oxygen atoms in total. The summed E-state index contributed by atoms with van der Waals surface area (Å²) in [5.41, 5.74) is 22.4. The van der Waals surface area contributed by atoms with Crippen molar-refractivity contribution in [2.75, 3.05) is 32.2 Å². The van der Waals surface area contributed by atoms with Gasteiger partial charge in [0.25, 0.3) is 5.91 Å². The third kappa shape index (κ3) is 5.71. The van der Waals surface area contributed by atoms with Crippen molar-refractivity contribution in [3.05, 3.63) is 106 Å². The maximum Gasteiger partial charge on any atom is 0.267 e. The van der Waals surface area contributed by atoms with E-state index in [0.717, 1.165) is 22.3 Å². The molecule has 1 aliphatic heterocycles. The average molecular weight is 566 g/mol. The summed E-state index contributed by atoms with van der Waals surface area (Å²) in [4.78, 5) is 39.5. The number of pyridine rings is 1. The normalized spacial score (nSPS) is 14.4. The third-order valence-corrected chi connectivity index (χ3v) is 7.21. The number of hydrogen-bond acceptors (Lipinski definition) is 9. The molecule has 2 amide bonds. The highest BCUT2D eigenvalue weighted by Gasteiger charge is 2.31. The van der Waals surface area contributed by atoms with Crippen LogP contribution in [-0.2, 0) is 17.6 Å². The summed E-state index contributed by atoms with van der Waals surface area (Å²) in [5, 5.41) is 0. The van der Waals surface area contributed by atoms with Crippen LogP contribution in [0, 0.1) is 0 Å². The zero-order valence-electron chi connectivity index (χ0n) is 23.3. The highest BCUT2D eigenvalue weighted by atomic mass is 16.5. The van der Waals surface area contributed by atoms with E-state index in [2.05, 4.69) is 21.0 Å². The average Bonchev–Trinajstić information content (AvgIpc) is 3.00. The Balaban J connectivity index is 1.48. The number of methoxy groups -OCH3 is 2. The molecular weight excluding hydrogens is 534 g/mol. The summed E-state index contributed by atoms with van der Waals surface area (Å²) in [6.07, 6.45) is 7.54. The molecule has 214 valence electrons. The monoisotopic (exact) mass is 565 g/mol. The van der Waals surface area contributed by atoms with E-state index in [1.807, 2.05) is 30.3 Å². The van der Waals surface area contributed by atoms with Crippen molar-refractivity contribution in [3.8, 4) is 11.5 Å². The lowest BCUT2D eigenvalue weighted by Gasteiger charge is -2.37. The molecule has 2 aromatic carbocycles. The fraction of sp³-hybridized carbons (Fsp3) is 0.194. The van der Waals surface area contributed by atoms with Crippen LogP contribution in [0.3, 0.4) is 0 Å². The highest BCUT2D eigenvalue weighted by molar-refractivity contribution is 5.93. The minimum Gasteiger partial charge on any atom is -0.493 e. The zero-order chi connectivity index (χ0) is 29.8. The predicted molar refractivity (Wildman–Crippen MR) is 159 cm³/mol. The Kier molecular flexibility index (Phi) is 8.00. The first-order valence-electron chi connectivity index (χ1n) is 13.2. The summed E-state index contributed by atoms with van der Waals surface area (Å²) in [6.45, 7) is 0.499. The minimum absolute atomic E-state index is 0.101. The number of nitrogens with two attached hydrogens (primary N) is 3. The standard InChI is InChI=1S/C31H31N7O4/c1-41-25-15-18(14-22-17-36-31(34)37-29(22)32)13-20(28(25)42-2)8-10-26(39)38-12-11-19-5-3-4-6-23(19)27(38)21-7-9-24(30(33)40)35-16-21/h3-10,13,15-17,27H,11-12,14H2,1-2H3,(H2,33,40)(H4,32,34,36,37)/b10-8+/t27-/m0/s1. The summed E-state index contributed by atoms with van der Waals surface area (Å²) in [7, 11) is 3.09. The fourth-order valence-corrected chi connectivity index (χ4v) is 5.20. The van der Waals surface area contributed by atoms with Crippen molar-refractivity contribution in [1.82, 2.24) is 19.9 Å². The summed E-state index contributed by atoms with van der Waals surface area (Å²) >= 11 is 0. The van der Waals surface area contributed by atoms with Crippen LogP contribution >= 0.6 is 0 Å². The van der Waals surface area contributed by atoms with Crippen LogP contribution in [-0.4, -0.2) is 52.4 Å². The Morgan fingerprint density at radius 1 is 1.05 bits per heavy atom. The first-order chi connectivity index (χ1) is 20.3. The summed E-state index contributed by atoms with van der Waals surface area (Å²) in [5.74, 6) is 0.569. The number of ether oxygens (including phenoxy) is 2. The lowest BCUT2D eigenvalue weighted by atomic mass is 9.88. The number of carbonyl (C=O) groups excluding carboxylic acids is 2. The quantitative estimate of drug-likeness (QED) is 0.272. The SMILES string of the molecule is COc1cc(Cc2cnc(N)nc2N)cc(/C=C/C(=O)N2CCc3ccccc3[C@@H]2c2ccc(C(N)=O)nc2)c1OC. The molecule has 5 rings (SSSR count). The molecule has 3 heterocycles. The lowest BCUT2D eigenvalue weighted by molar-refractivity contribution is -0.127. The van der Waals surface area contributed by atoms with E-state index in [1.165, 1.54) is 6.08 Å². The largest absolute Gasteiger partial charge is 0.493 e. The van der Waals surface area contributed by atoms with Gasteiger partial charge in [-0.1, -0.05) is 30.3 Å². The molecule has 4 aromatic rings. The Hall–Kier alpha value is -5.45. The fourth-order valence-electron chi connectivity index (χ4n) is 5.20. The molecule has 1 aliphatic rings. The van der Waals surface area contributed by atoms with Gasteiger partial charge < -0.3 is 31.6 Å². The Bertz CT molecular complexity index is 1670. The molecule has 6 N–H and O–H groups in total. The molecule has 0 fully saturated rings. The van der Waals surface area contributed by atoms with Gasteiger partial charge in [-0.15, -0.1) is 0 Å². The van der Waals surface area contributed by atoms with Gasteiger partial charge in [0.15, 0.2) is 11.5 Å². The van der Waals surface area contributed by atoms with Crippen molar-refractivity contribution < 1.29 is 19.1 Å². The van der Waals surface area contributed by atoms with E-state index in [1.54, 1.807) is 49.7 Å². The number of anilines is 2. The number of benzene rings is 2. The van der Waals surface area contributed by atoms with Gasteiger partial charge in [-0.25, -0.2) is 4.98 Å². The molecule has 0 saturated carbocycles. The van der Waals surface area contributed by atoms with Crippen LogP contribution < -0.4 is 26.7 Å². The van der Waals surface area contributed by atoms with Crippen LogP contribution in [0.5, 0.6) is 11.5 Å². The minimum atomic E-state index is -0.611. The van der Waals surface area contributed by atoms with E-state index in [-0.39, 0.29) is 17.5 Å². The third-order valence-electron chi connectivity index (χ3n) is 7.21. The lowest BCUT2D eigenvalue weighted by Crippen LogP contribution is -2.39. The molecule has 1 atom stereocenters. The smallest absolute Gasteiger partial charge is 0.267 e. The number of hydrogen-bond donors (Lipinski definition) is 3. The van der Waals surface area contributed by atoms with Crippen LogP contribution in [0.4, 0.5) is 11.8 Å². The molecule has 0 radical (unpaired) electrons. The first kappa shape index (κ1) is 28.1.